The average Bonchev–Trinajstić information content (AvgIpc) is 2.45. The van der Waals surface area contributed by atoms with Crippen molar-refractivity contribution in [2.45, 2.75) is 25.2 Å². The van der Waals surface area contributed by atoms with E-state index in [-0.39, 0.29) is 4.90 Å². The Labute approximate surface area is 126 Å². The van der Waals surface area contributed by atoms with Gasteiger partial charge in [-0.25, -0.2) is 8.42 Å². The van der Waals surface area contributed by atoms with Crippen LogP contribution in [0.2, 0.25) is 0 Å². The van der Waals surface area contributed by atoms with Crippen molar-refractivity contribution in [2.75, 3.05) is 27.3 Å². The number of ether oxygens (including phenoxy) is 2. The van der Waals surface area contributed by atoms with Crippen LogP contribution in [0, 0.1) is 11.8 Å². The molecule has 1 fully saturated rings. The predicted octanol–water partition coefficient (Wildman–Crippen LogP) is 2.37. The molecule has 1 aliphatic heterocycles. The molecule has 0 saturated carbocycles. The van der Waals surface area contributed by atoms with Crippen molar-refractivity contribution in [3.05, 3.63) is 18.2 Å². The summed E-state index contributed by atoms with van der Waals surface area (Å²) in [5.41, 5.74) is 0. The van der Waals surface area contributed by atoms with E-state index in [0.717, 1.165) is 6.42 Å². The van der Waals surface area contributed by atoms with Crippen LogP contribution in [0.5, 0.6) is 11.5 Å². The average molecular weight is 313 g/mol. The molecule has 21 heavy (non-hydrogen) atoms. The zero-order chi connectivity index (χ0) is 15.6. The fourth-order valence-electron chi connectivity index (χ4n) is 2.93. The van der Waals surface area contributed by atoms with E-state index in [4.69, 9.17) is 9.47 Å². The highest BCUT2D eigenvalue weighted by atomic mass is 32.2. The summed E-state index contributed by atoms with van der Waals surface area (Å²) in [7, 11) is -0.537. The lowest BCUT2D eigenvalue weighted by atomic mass is 9.94. The summed E-state index contributed by atoms with van der Waals surface area (Å²) < 4.78 is 37.6. The van der Waals surface area contributed by atoms with E-state index in [1.54, 1.807) is 22.5 Å². The third-order valence-corrected chi connectivity index (χ3v) is 5.70. The van der Waals surface area contributed by atoms with Gasteiger partial charge in [0.25, 0.3) is 0 Å². The Bertz CT molecular complexity index is 590. The number of sulfonamides is 1. The molecule has 0 aliphatic carbocycles. The monoisotopic (exact) mass is 313 g/mol. The van der Waals surface area contributed by atoms with Crippen LogP contribution >= 0.6 is 0 Å². The minimum Gasteiger partial charge on any atom is -0.497 e. The summed E-state index contributed by atoms with van der Waals surface area (Å²) in [6, 6.07) is 4.80. The minimum absolute atomic E-state index is 0.201. The van der Waals surface area contributed by atoms with Crippen LogP contribution in [-0.4, -0.2) is 40.0 Å². The summed E-state index contributed by atoms with van der Waals surface area (Å²) in [6.45, 7) is 5.29. The molecular formula is C15H23NO4S. The largest absolute Gasteiger partial charge is 0.497 e. The van der Waals surface area contributed by atoms with Gasteiger partial charge in [0.2, 0.25) is 10.0 Å². The molecule has 5 nitrogen and oxygen atoms in total. The fraction of sp³-hybridized carbons (Fsp3) is 0.600. The van der Waals surface area contributed by atoms with Gasteiger partial charge >= 0.3 is 0 Å². The standard InChI is InChI=1S/C15H23NO4S/c1-11-7-12(2)10-16(9-11)21(17,18)15-6-5-13(19-3)8-14(15)20-4/h5-6,8,11-12H,7,9-10H2,1-4H3/t11-,12-/m0/s1. The molecule has 2 atom stereocenters. The van der Waals surface area contributed by atoms with Gasteiger partial charge in [-0.05, 0) is 30.4 Å². The highest BCUT2D eigenvalue weighted by Crippen LogP contribution is 2.33. The highest BCUT2D eigenvalue weighted by molar-refractivity contribution is 7.89. The summed E-state index contributed by atoms with van der Waals surface area (Å²) in [4.78, 5) is 0.201. The van der Waals surface area contributed by atoms with Gasteiger partial charge in [0.05, 0.1) is 14.2 Å². The van der Waals surface area contributed by atoms with Crippen LogP contribution in [0.1, 0.15) is 20.3 Å². The molecule has 1 aromatic carbocycles. The second-order valence-corrected chi connectivity index (χ2v) is 7.69. The maximum absolute atomic E-state index is 12.9. The SMILES string of the molecule is COc1ccc(S(=O)(=O)N2C[C@@H](C)C[C@H](C)C2)c(OC)c1. The number of hydrogen-bond donors (Lipinski definition) is 0. The van der Waals surface area contributed by atoms with Crippen LogP contribution in [0.4, 0.5) is 0 Å². The van der Waals surface area contributed by atoms with Crippen molar-refractivity contribution < 1.29 is 17.9 Å². The Balaban J connectivity index is 2.39. The Morgan fingerprint density at radius 2 is 1.71 bits per heavy atom. The summed E-state index contributed by atoms with van der Waals surface area (Å²) in [5, 5.41) is 0. The number of methoxy groups -OCH3 is 2. The highest BCUT2D eigenvalue weighted by Gasteiger charge is 2.33. The third-order valence-electron chi connectivity index (χ3n) is 3.82. The van der Waals surface area contributed by atoms with E-state index in [9.17, 15) is 8.42 Å². The van der Waals surface area contributed by atoms with Crippen molar-refractivity contribution in [3.8, 4) is 11.5 Å². The quantitative estimate of drug-likeness (QED) is 0.856. The summed E-state index contributed by atoms with van der Waals surface area (Å²) in [6.07, 6.45) is 1.06. The Hall–Kier alpha value is -1.27. The van der Waals surface area contributed by atoms with Gasteiger partial charge in [-0.15, -0.1) is 0 Å². The Morgan fingerprint density at radius 3 is 2.24 bits per heavy atom. The lowest BCUT2D eigenvalue weighted by Crippen LogP contribution is -2.42. The number of benzene rings is 1. The van der Waals surface area contributed by atoms with Gasteiger partial charge in [-0.3, -0.25) is 0 Å². The smallest absolute Gasteiger partial charge is 0.246 e. The molecule has 1 heterocycles. The molecule has 0 radical (unpaired) electrons. The molecule has 6 heteroatoms. The minimum atomic E-state index is -3.54. The van der Waals surface area contributed by atoms with Crippen LogP contribution in [0.25, 0.3) is 0 Å². The molecular weight excluding hydrogens is 290 g/mol. The lowest BCUT2D eigenvalue weighted by Gasteiger charge is -2.34. The molecule has 0 bridgehead atoms. The number of hydrogen-bond acceptors (Lipinski definition) is 4. The van der Waals surface area contributed by atoms with E-state index in [0.29, 0.717) is 36.4 Å². The first-order chi connectivity index (χ1) is 9.88. The Morgan fingerprint density at radius 1 is 1.10 bits per heavy atom. The number of piperidine rings is 1. The lowest BCUT2D eigenvalue weighted by molar-refractivity contribution is 0.222. The molecule has 0 amide bonds. The molecule has 1 saturated heterocycles. The maximum Gasteiger partial charge on any atom is 0.246 e. The van der Waals surface area contributed by atoms with Crippen molar-refractivity contribution >= 4 is 10.0 Å². The van der Waals surface area contributed by atoms with E-state index >= 15 is 0 Å². The van der Waals surface area contributed by atoms with Gasteiger partial charge in [-0.1, -0.05) is 13.8 Å². The molecule has 0 aromatic heterocycles. The fourth-order valence-corrected chi connectivity index (χ4v) is 4.75. The van der Waals surface area contributed by atoms with Crippen LogP contribution in [-0.2, 0) is 10.0 Å². The maximum atomic E-state index is 12.9. The van der Waals surface area contributed by atoms with E-state index in [1.165, 1.54) is 14.2 Å². The molecule has 118 valence electrons. The number of rotatable bonds is 4. The van der Waals surface area contributed by atoms with Crippen LogP contribution in [0.3, 0.4) is 0 Å². The molecule has 0 N–H and O–H groups in total. The predicted molar refractivity (Wildman–Crippen MR) is 81.2 cm³/mol. The number of nitrogens with zero attached hydrogens (tertiary/aromatic N) is 1. The molecule has 2 rings (SSSR count). The molecule has 1 aliphatic rings. The third kappa shape index (κ3) is 3.32. The first-order valence-electron chi connectivity index (χ1n) is 7.10. The zero-order valence-electron chi connectivity index (χ0n) is 13.0. The van der Waals surface area contributed by atoms with Gasteiger partial charge < -0.3 is 9.47 Å². The summed E-state index contributed by atoms with van der Waals surface area (Å²) in [5.74, 6) is 1.63. The van der Waals surface area contributed by atoms with Gasteiger partial charge in [0.15, 0.2) is 0 Å². The van der Waals surface area contributed by atoms with E-state index < -0.39 is 10.0 Å². The van der Waals surface area contributed by atoms with Gasteiger partial charge in [0, 0.05) is 19.2 Å². The first kappa shape index (κ1) is 16.1. The Kier molecular flexibility index (Phi) is 4.78. The zero-order valence-corrected chi connectivity index (χ0v) is 13.8. The van der Waals surface area contributed by atoms with Crippen molar-refractivity contribution in [1.29, 1.82) is 0 Å². The molecule has 0 spiro atoms. The van der Waals surface area contributed by atoms with E-state index in [1.807, 2.05) is 0 Å². The van der Waals surface area contributed by atoms with Crippen molar-refractivity contribution in [3.63, 3.8) is 0 Å². The topological polar surface area (TPSA) is 55.8 Å². The molecule has 0 unspecified atom stereocenters. The molecule has 1 aromatic rings. The second kappa shape index (κ2) is 6.23. The van der Waals surface area contributed by atoms with Crippen LogP contribution in [0.15, 0.2) is 23.1 Å². The van der Waals surface area contributed by atoms with Gasteiger partial charge in [0.1, 0.15) is 16.4 Å². The van der Waals surface area contributed by atoms with Crippen molar-refractivity contribution in [1.82, 2.24) is 4.31 Å². The van der Waals surface area contributed by atoms with Gasteiger partial charge in [-0.2, -0.15) is 4.31 Å². The van der Waals surface area contributed by atoms with Crippen LogP contribution < -0.4 is 9.47 Å². The van der Waals surface area contributed by atoms with Crippen molar-refractivity contribution in [2.24, 2.45) is 11.8 Å². The van der Waals surface area contributed by atoms with E-state index in [2.05, 4.69) is 13.8 Å². The summed E-state index contributed by atoms with van der Waals surface area (Å²) >= 11 is 0. The second-order valence-electron chi connectivity index (χ2n) is 5.78. The first-order valence-corrected chi connectivity index (χ1v) is 8.54. The normalized spacial score (nSPS) is 23.8.